The fourth-order valence-corrected chi connectivity index (χ4v) is 2.14. The molecule has 0 bridgehead atoms. The lowest BCUT2D eigenvalue weighted by atomic mass is 9.97. The molecule has 1 saturated heterocycles. The highest BCUT2D eigenvalue weighted by Crippen LogP contribution is 2.25. The average molecular weight is 240 g/mol. The molecule has 1 aromatic heterocycles. The molecule has 2 rings (SSSR count). The van der Waals surface area contributed by atoms with Crippen LogP contribution in [0.3, 0.4) is 0 Å². The first-order valence-corrected chi connectivity index (χ1v) is 5.80. The number of nitrogens with zero attached hydrogens (tertiary/aromatic N) is 2. The van der Waals surface area contributed by atoms with Gasteiger partial charge in [0, 0.05) is 24.8 Å². The van der Waals surface area contributed by atoms with Gasteiger partial charge in [-0.25, -0.2) is 9.37 Å². The lowest BCUT2D eigenvalue weighted by Crippen LogP contribution is -2.42. The molecule has 1 aromatic rings. The standard InChI is InChI=1S/C12H17FN2O2/c1-8-6-15(5-3-10(8)17)12-11(13)9(7-16)2-4-14-12/h2,4,8,10,16-17H,3,5-7H2,1H3. The van der Waals surface area contributed by atoms with Crippen LogP contribution in [-0.4, -0.2) is 34.4 Å². The van der Waals surface area contributed by atoms with Crippen molar-refractivity contribution in [2.24, 2.45) is 5.92 Å². The zero-order valence-electron chi connectivity index (χ0n) is 9.80. The van der Waals surface area contributed by atoms with Gasteiger partial charge in [0.25, 0.3) is 0 Å². The highest BCUT2D eigenvalue weighted by atomic mass is 19.1. The summed E-state index contributed by atoms with van der Waals surface area (Å²) in [7, 11) is 0. The van der Waals surface area contributed by atoms with Crippen molar-refractivity contribution in [3.8, 4) is 0 Å². The van der Waals surface area contributed by atoms with Crippen molar-refractivity contribution >= 4 is 5.82 Å². The van der Waals surface area contributed by atoms with Crippen molar-refractivity contribution in [3.05, 3.63) is 23.6 Å². The lowest BCUT2D eigenvalue weighted by Gasteiger charge is -2.35. The van der Waals surface area contributed by atoms with Gasteiger partial charge < -0.3 is 15.1 Å². The summed E-state index contributed by atoms with van der Waals surface area (Å²) in [5.74, 6) is -0.0865. The summed E-state index contributed by atoms with van der Waals surface area (Å²) < 4.78 is 14.0. The van der Waals surface area contributed by atoms with E-state index in [-0.39, 0.29) is 30.0 Å². The predicted molar refractivity (Wildman–Crippen MR) is 62.1 cm³/mol. The zero-order chi connectivity index (χ0) is 12.4. The van der Waals surface area contributed by atoms with E-state index in [2.05, 4.69) is 4.98 Å². The molecule has 94 valence electrons. The van der Waals surface area contributed by atoms with Gasteiger partial charge in [-0.15, -0.1) is 0 Å². The number of pyridine rings is 1. The molecule has 1 aliphatic rings. The summed E-state index contributed by atoms with van der Waals surface area (Å²) in [6.45, 7) is 2.78. The molecule has 17 heavy (non-hydrogen) atoms. The van der Waals surface area contributed by atoms with E-state index in [1.54, 1.807) is 0 Å². The van der Waals surface area contributed by atoms with Gasteiger partial charge in [-0.05, 0) is 18.4 Å². The van der Waals surface area contributed by atoms with E-state index in [1.807, 2.05) is 11.8 Å². The fourth-order valence-electron chi connectivity index (χ4n) is 2.14. The molecule has 2 atom stereocenters. The van der Waals surface area contributed by atoms with Gasteiger partial charge in [0.05, 0.1) is 12.7 Å². The maximum absolute atomic E-state index is 14.0. The van der Waals surface area contributed by atoms with Crippen LogP contribution >= 0.6 is 0 Å². The third-order valence-electron chi connectivity index (χ3n) is 3.28. The number of aromatic nitrogens is 1. The molecule has 0 spiro atoms. The topological polar surface area (TPSA) is 56.6 Å². The van der Waals surface area contributed by atoms with Gasteiger partial charge in [-0.2, -0.15) is 0 Å². The van der Waals surface area contributed by atoms with Crippen molar-refractivity contribution in [1.82, 2.24) is 4.98 Å². The smallest absolute Gasteiger partial charge is 0.171 e. The SMILES string of the molecule is CC1CN(c2nccc(CO)c2F)CCC1O. The van der Waals surface area contributed by atoms with Crippen LogP contribution in [0.25, 0.3) is 0 Å². The molecule has 0 amide bonds. The number of anilines is 1. The van der Waals surface area contributed by atoms with E-state index in [9.17, 15) is 9.50 Å². The number of hydrogen-bond donors (Lipinski definition) is 2. The monoisotopic (exact) mass is 240 g/mol. The molecule has 2 N–H and O–H groups in total. The Balaban J connectivity index is 2.23. The molecule has 1 aliphatic heterocycles. The second-order valence-corrected chi connectivity index (χ2v) is 4.55. The maximum atomic E-state index is 14.0. The summed E-state index contributed by atoms with van der Waals surface area (Å²) >= 11 is 0. The van der Waals surface area contributed by atoms with Crippen molar-refractivity contribution in [3.63, 3.8) is 0 Å². The predicted octanol–water partition coefficient (Wildman–Crippen LogP) is 0.920. The Labute approximate surface area is 99.7 Å². The van der Waals surface area contributed by atoms with Gasteiger partial charge in [0.2, 0.25) is 0 Å². The van der Waals surface area contributed by atoms with E-state index in [0.29, 0.717) is 19.5 Å². The molecule has 2 heterocycles. The Bertz CT molecular complexity index is 400. The fraction of sp³-hybridized carbons (Fsp3) is 0.583. The molecule has 0 radical (unpaired) electrons. The summed E-state index contributed by atoms with van der Waals surface area (Å²) in [5, 5.41) is 18.6. The van der Waals surface area contributed by atoms with E-state index in [1.165, 1.54) is 12.3 Å². The van der Waals surface area contributed by atoms with Crippen LogP contribution in [0.15, 0.2) is 12.3 Å². The Morgan fingerprint density at radius 2 is 2.35 bits per heavy atom. The van der Waals surface area contributed by atoms with E-state index in [0.717, 1.165) is 0 Å². The Morgan fingerprint density at radius 3 is 3.00 bits per heavy atom. The van der Waals surface area contributed by atoms with E-state index in [4.69, 9.17) is 5.11 Å². The van der Waals surface area contributed by atoms with Crippen LogP contribution in [0, 0.1) is 11.7 Å². The number of aliphatic hydroxyl groups is 2. The minimum atomic E-state index is -0.460. The van der Waals surface area contributed by atoms with Gasteiger partial charge in [0.15, 0.2) is 11.6 Å². The van der Waals surface area contributed by atoms with Crippen LogP contribution in [0.5, 0.6) is 0 Å². The first-order valence-electron chi connectivity index (χ1n) is 5.80. The first kappa shape index (κ1) is 12.3. The molecule has 0 saturated carbocycles. The number of rotatable bonds is 2. The maximum Gasteiger partial charge on any atom is 0.171 e. The van der Waals surface area contributed by atoms with Crippen molar-refractivity contribution in [1.29, 1.82) is 0 Å². The molecule has 0 aromatic carbocycles. The number of aliphatic hydroxyl groups excluding tert-OH is 2. The van der Waals surface area contributed by atoms with Crippen LogP contribution in [0.2, 0.25) is 0 Å². The molecule has 5 heteroatoms. The van der Waals surface area contributed by atoms with Crippen LogP contribution in [0.4, 0.5) is 10.2 Å². The Hall–Kier alpha value is -1.20. The Kier molecular flexibility index (Phi) is 3.59. The summed E-state index contributed by atoms with van der Waals surface area (Å²) in [6.07, 6.45) is 1.79. The van der Waals surface area contributed by atoms with Crippen molar-refractivity contribution in [2.45, 2.75) is 26.1 Å². The third kappa shape index (κ3) is 2.40. The van der Waals surface area contributed by atoms with Gasteiger partial charge in [-0.1, -0.05) is 6.92 Å². The van der Waals surface area contributed by atoms with Gasteiger partial charge >= 0.3 is 0 Å². The number of halogens is 1. The van der Waals surface area contributed by atoms with Crippen molar-refractivity contribution < 1.29 is 14.6 Å². The molecule has 0 aliphatic carbocycles. The Morgan fingerprint density at radius 1 is 1.59 bits per heavy atom. The molecule has 2 unspecified atom stereocenters. The molecular weight excluding hydrogens is 223 g/mol. The van der Waals surface area contributed by atoms with Gasteiger partial charge in [-0.3, -0.25) is 0 Å². The second kappa shape index (κ2) is 4.98. The summed E-state index contributed by atoms with van der Waals surface area (Å²) in [6, 6.07) is 1.47. The minimum absolute atomic E-state index is 0.0998. The molecule has 4 nitrogen and oxygen atoms in total. The number of hydrogen-bond acceptors (Lipinski definition) is 4. The minimum Gasteiger partial charge on any atom is -0.393 e. The highest BCUT2D eigenvalue weighted by molar-refractivity contribution is 5.43. The van der Waals surface area contributed by atoms with Crippen LogP contribution in [-0.2, 0) is 6.61 Å². The highest BCUT2D eigenvalue weighted by Gasteiger charge is 2.27. The second-order valence-electron chi connectivity index (χ2n) is 4.55. The van der Waals surface area contributed by atoms with Gasteiger partial charge in [0.1, 0.15) is 0 Å². The third-order valence-corrected chi connectivity index (χ3v) is 3.28. The molecular formula is C12H17FN2O2. The summed E-state index contributed by atoms with van der Waals surface area (Å²) in [5.41, 5.74) is 0.258. The lowest BCUT2D eigenvalue weighted by molar-refractivity contribution is 0.0966. The van der Waals surface area contributed by atoms with Crippen LogP contribution in [0.1, 0.15) is 18.9 Å². The van der Waals surface area contributed by atoms with E-state index < -0.39 is 5.82 Å². The number of piperidine rings is 1. The zero-order valence-corrected chi connectivity index (χ0v) is 9.80. The quantitative estimate of drug-likeness (QED) is 0.807. The van der Waals surface area contributed by atoms with Crippen LogP contribution < -0.4 is 4.90 Å². The average Bonchev–Trinajstić information content (AvgIpc) is 2.33. The van der Waals surface area contributed by atoms with Crippen molar-refractivity contribution in [2.75, 3.05) is 18.0 Å². The first-order chi connectivity index (χ1) is 8.13. The molecule has 1 fully saturated rings. The normalized spacial score (nSPS) is 25.1. The largest absolute Gasteiger partial charge is 0.393 e. The summed E-state index contributed by atoms with van der Waals surface area (Å²) in [4.78, 5) is 5.85. The van der Waals surface area contributed by atoms with E-state index >= 15 is 0 Å².